The molecule has 11 heteroatoms. The molecule has 0 aliphatic carbocycles. The molecule has 1 amide bonds. The van der Waals surface area contributed by atoms with Gasteiger partial charge in [0.05, 0.1) is 39.2 Å². The van der Waals surface area contributed by atoms with Crippen molar-refractivity contribution in [1.29, 1.82) is 0 Å². The number of amides is 1. The van der Waals surface area contributed by atoms with Gasteiger partial charge in [0.1, 0.15) is 33.9 Å². The van der Waals surface area contributed by atoms with Crippen LogP contribution in [-0.2, 0) is 14.3 Å². The Labute approximate surface area is 229 Å². The van der Waals surface area contributed by atoms with E-state index in [1.807, 2.05) is 0 Å². The summed E-state index contributed by atoms with van der Waals surface area (Å²) < 4.78 is 21.4. The van der Waals surface area contributed by atoms with Crippen LogP contribution >= 0.6 is 11.3 Å². The average molecular weight is 553 g/mol. The highest BCUT2D eigenvalue weighted by Crippen LogP contribution is 2.47. The van der Waals surface area contributed by atoms with Crippen molar-refractivity contribution in [1.82, 2.24) is 4.98 Å². The van der Waals surface area contributed by atoms with Gasteiger partial charge in [-0.2, -0.15) is 0 Å². The Morgan fingerprint density at radius 1 is 1.03 bits per heavy atom. The number of benzene rings is 2. The highest BCUT2D eigenvalue weighted by atomic mass is 32.1. The number of hydrogen-bond acceptors (Lipinski definition) is 10. The fourth-order valence-electron chi connectivity index (χ4n) is 4.43. The van der Waals surface area contributed by atoms with Crippen LogP contribution in [0.3, 0.4) is 0 Å². The van der Waals surface area contributed by atoms with Crippen LogP contribution in [0.2, 0.25) is 0 Å². The Kier molecular flexibility index (Phi) is 7.91. The normalized spacial score (nSPS) is 16.4. The van der Waals surface area contributed by atoms with E-state index in [0.29, 0.717) is 34.1 Å². The largest absolute Gasteiger partial charge is 0.507 e. The minimum atomic E-state index is -1.14. The maximum absolute atomic E-state index is 13.6. The minimum Gasteiger partial charge on any atom is -0.507 e. The van der Waals surface area contributed by atoms with E-state index >= 15 is 0 Å². The van der Waals surface area contributed by atoms with Crippen molar-refractivity contribution in [3.05, 3.63) is 69.2 Å². The quantitative estimate of drug-likeness (QED) is 0.185. The molecule has 1 aliphatic rings. The first-order chi connectivity index (χ1) is 18.7. The van der Waals surface area contributed by atoms with Crippen molar-refractivity contribution in [2.24, 2.45) is 0 Å². The van der Waals surface area contributed by atoms with Gasteiger partial charge in [0, 0.05) is 11.1 Å². The molecule has 1 saturated heterocycles. The van der Waals surface area contributed by atoms with Crippen molar-refractivity contribution in [2.75, 3.05) is 32.8 Å². The van der Waals surface area contributed by atoms with Gasteiger partial charge in [0.15, 0.2) is 5.13 Å². The number of esters is 1. The molecular formula is C28H28N2O8S. The molecule has 39 heavy (non-hydrogen) atoms. The fraction of sp³-hybridized carbons (Fsp3) is 0.286. The van der Waals surface area contributed by atoms with Crippen LogP contribution in [0.5, 0.6) is 17.2 Å². The second kappa shape index (κ2) is 11.2. The number of aliphatic hydroxyl groups excluding tert-OH is 1. The SMILES string of the molecule is CCOC(=O)c1sc(N2C(=O)C(=O)C(=C(O)c3ccc(OC)c(C)c3)[C@@H]2c2cc(OC)ccc2OC)nc1C. The standard InChI is InChI=1S/C28H28N2O8S/c1-7-38-27(34)25-15(3)29-28(39-25)30-22(18-13-17(35-4)9-11-20(18)37-6)21(24(32)26(30)33)23(31)16-8-10-19(36-5)14(2)12-16/h8-13,22,31H,7H2,1-6H3/t22-/m0/s1. The van der Waals surface area contributed by atoms with Crippen LogP contribution < -0.4 is 19.1 Å². The van der Waals surface area contributed by atoms with Crippen molar-refractivity contribution in [3.8, 4) is 17.2 Å². The van der Waals surface area contributed by atoms with Crippen molar-refractivity contribution < 1.29 is 38.4 Å². The number of aliphatic hydroxyl groups is 1. The summed E-state index contributed by atoms with van der Waals surface area (Å²) in [5.74, 6) is -1.40. The highest BCUT2D eigenvalue weighted by Gasteiger charge is 2.49. The molecule has 10 nitrogen and oxygen atoms in total. The van der Waals surface area contributed by atoms with E-state index in [0.717, 1.165) is 16.9 Å². The first-order valence-corrected chi connectivity index (χ1v) is 12.8. The number of hydrogen-bond donors (Lipinski definition) is 1. The van der Waals surface area contributed by atoms with Gasteiger partial charge < -0.3 is 24.1 Å². The predicted octanol–water partition coefficient (Wildman–Crippen LogP) is 4.59. The molecule has 1 aliphatic heterocycles. The third-order valence-electron chi connectivity index (χ3n) is 6.30. The number of ketones is 1. The maximum Gasteiger partial charge on any atom is 0.350 e. The van der Waals surface area contributed by atoms with E-state index in [1.54, 1.807) is 57.2 Å². The average Bonchev–Trinajstić information content (AvgIpc) is 3.44. The lowest BCUT2D eigenvalue weighted by Crippen LogP contribution is -2.29. The zero-order chi connectivity index (χ0) is 28.4. The summed E-state index contributed by atoms with van der Waals surface area (Å²) in [7, 11) is 4.47. The third-order valence-corrected chi connectivity index (χ3v) is 7.43. The molecule has 1 aromatic heterocycles. The molecular weight excluding hydrogens is 524 g/mol. The molecule has 204 valence electrons. The van der Waals surface area contributed by atoms with E-state index in [4.69, 9.17) is 18.9 Å². The topological polar surface area (TPSA) is 124 Å². The van der Waals surface area contributed by atoms with Gasteiger partial charge >= 0.3 is 11.9 Å². The molecule has 2 aromatic carbocycles. The Hall–Kier alpha value is -4.38. The lowest BCUT2D eigenvalue weighted by Gasteiger charge is -2.25. The van der Waals surface area contributed by atoms with Crippen LogP contribution in [0.4, 0.5) is 5.13 Å². The molecule has 0 radical (unpaired) electrons. The minimum absolute atomic E-state index is 0.0949. The summed E-state index contributed by atoms with van der Waals surface area (Å²) in [6, 6.07) is 8.72. The Morgan fingerprint density at radius 3 is 2.33 bits per heavy atom. The summed E-state index contributed by atoms with van der Waals surface area (Å²) in [6.07, 6.45) is 0. The lowest BCUT2D eigenvalue weighted by molar-refractivity contribution is -0.132. The van der Waals surface area contributed by atoms with Crippen molar-refractivity contribution >= 4 is 39.9 Å². The van der Waals surface area contributed by atoms with Crippen LogP contribution in [0, 0.1) is 13.8 Å². The molecule has 0 saturated carbocycles. The Morgan fingerprint density at radius 2 is 1.72 bits per heavy atom. The number of ether oxygens (including phenoxy) is 4. The number of carbonyl (C=O) groups excluding carboxylic acids is 3. The van der Waals surface area contributed by atoms with E-state index < -0.39 is 23.7 Å². The number of carbonyl (C=O) groups is 3. The fourth-order valence-corrected chi connectivity index (χ4v) is 5.42. The van der Waals surface area contributed by atoms with Crippen LogP contribution in [-0.4, -0.2) is 55.7 Å². The number of anilines is 1. The number of aromatic nitrogens is 1. The zero-order valence-electron chi connectivity index (χ0n) is 22.4. The smallest absolute Gasteiger partial charge is 0.350 e. The van der Waals surface area contributed by atoms with E-state index in [2.05, 4.69) is 4.98 Å². The summed E-state index contributed by atoms with van der Waals surface area (Å²) in [5, 5.41) is 11.6. The number of rotatable bonds is 8. The zero-order valence-corrected chi connectivity index (χ0v) is 23.2. The van der Waals surface area contributed by atoms with Gasteiger partial charge in [-0.25, -0.2) is 9.78 Å². The van der Waals surface area contributed by atoms with Gasteiger partial charge in [0.25, 0.3) is 5.78 Å². The summed E-state index contributed by atoms with van der Waals surface area (Å²) in [6.45, 7) is 5.26. The first kappa shape index (κ1) is 27.6. The maximum atomic E-state index is 13.6. The molecule has 3 aromatic rings. The van der Waals surface area contributed by atoms with E-state index in [1.165, 1.54) is 26.2 Å². The number of aryl methyl sites for hydroxylation is 2. The molecule has 0 spiro atoms. The number of nitrogens with zero attached hydrogens (tertiary/aromatic N) is 2. The van der Waals surface area contributed by atoms with Gasteiger partial charge in [0.2, 0.25) is 0 Å². The van der Waals surface area contributed by atoms with Crippen LogP contribution in [0.15, 0.2) is 42.0 Å². The van der Waals surface area contributed by atoms with Gasteiger partial charge in [-0.1, -0.05) is 11.3 Å². The Bertz CT molecular complexity index is 1490. The van der Waals surface area contributed by atoms with Crippen molar-refractivity contribution in [3.63, 3.8) is 0 Å². The summed E-state index contributed by atoms with van der Waals surface area (Å²) in [5.41, 5.74) is 1.61. The molecule has 1 atom stereocenters. The van der Waals surface area contributed by atoms with Crippen molar-refractivity contribution in [2.45, 2.75) is 26.8 Å². The third kappa shape index (κ3) is 4.92. The predicted molar refractivity (Wildman–Crippen MR) is 145 cm³/mol. The van der Waals surface area contributed by atoms with Gasteiger partial charge in [-0.15, -0.1) is 0 Å². The summed E-state index contributed by atoms with van der Waals surface area (Å²) >= 11 is 0.924. The van der Waals surface area contributed by atoms with E-state index in [9.17, 15) is 19.5 Å². The molecule has 1 fully saturated rings. The molecule has 0 unspecified atom stereocenters. The number of thiazole rings is 1. The van der Waals surface area contributed by atoms with Gasteiger partial charge in [-0.3, -0.25) is 14.5 Å². The van der Waals surface area contributed by atoms with Crippen LogP contribution in [0.1, 0.15) is 45.0 Å². The first-order valence-electron chi connectivity index (χ1n) is 12.0. The second-order valence-electron chi connectivity index (χ2n) is 8.59. The highest BCUT2D eigenvalue weighted by molar-refractivity contribution is 7.17. The monoisotopic (exact) mass is 552 g/mol. The molecule has 2 heterocycles. The number of Topliss-reactive ketones (excluding diaryl/α,β-unsaturated/α-hetero) is 1. The molecule has 0 bridgehead atoms. The van der Waals surface area contributed by atoms with Gasteiger partial charge in [-0.05, 0) is 62.7 Å². The second-order valence-corrected chi connectivity index (χ2v) is 9.57. The lowest BCUT2D eigenvalue weighted by atomic mass is 9.94. The molecule has 1 N–H and O–H groups in total. The Balaban J connectivity index is 1.99. The molecule has 4 rings (SSSR count). The summed E-state index contributed by atoms with van der Waals surface area (Å²) in [4.78, 5) is 45.4. The van der Waals surface area contributed by atoms with E-state index in [-0.39, 0.29) is 27.9 Å². The van der Waals surface area contributed by atoms with Crippen LogP contribution in [0.25, 0.3) is 5.76 Å². The number of methoxy groups -OCH3 is 3.